The maximum Gasteiger partial charge on any atom is 0.326 e. The summed E-state index contributed by atoms with van der Waals surface area (Å²) in [6.45, 7) is 3.61. The fraction of sp³-hybridized carbons (Fsp3) is 0.579. The van der Waals surface area contributed by atoms with E-state index >= 15 is 0 Å². The van der Waals surface area contributed by atoms with Crippen molar-refractivity contribution in [3.8, 4) is 0 Å². The Morgan fingerprint density at radius 2 is 1.61 bits per heavy atom. The monoisotopic (exact) mass is 486 g/mol. The standard InChI is InChI=1S/C19H30N6O7S/c1-9(2)3-13(19(31)32)24-17(29)12(4-10-6-21-8-22-10)23-18(30)14(7-33)25-16(28)11(20)5-15(26)27/h6,8-9,11-14,33H,3-5,7,20H2,1-2H3,(H,21,22)(H,23,30)(H,24,29)(H,25,28)(H,26,27)(H,31,32). The molecule has 0 aliphatic heterocycles. The van der Waals surface area contributed by atoms with E-state index in [1.807, 2.05) is 0 Å². The molecule has 0 fully saturated rings. The number of carbonyl (C=O) groups excluding carboxylic acids is 3. The van der Waals surface area contributed by atoms with Gasteiger partial charge in [0, 0.05) is 24.1 Å². The highest BCUT2D eigenvalue weighted by atomic mass is 32.1. The van der Waals surface area contributed by atoms with E-state index in [1.54, 1.807) is 13.8 Å². The van der Waals surface area contributed by atoms with Crippen molar-refractivity contribution in [2.75, 3.05) is 5.75 Å². The van der Waals surface area contributed by atoms with Gasteiger partial charge >= 0.3 is 11.9 Å². The third kappa shape index (κ3) is 9.91. The summed E-state index contributed by atoms with van der Waals surface area (Å²) in [5, 5.41) is 25.4. The number of carboxylic acid groups (broad SMARTS) is 2. The Morgan fingerprint density at radius 3 is 2.09 bits per heavy atom. The summed E-state index contributed by atoms with van der Waals surface area (Å²) in [4.78, 5) is 66.6. The zero-order chi connectivity index (χ0) is 25.1. The number of imidazole rings is 1. The van der Waals surface area contributed by atoms with Crippen LogP contribution in [0.5, 0.6) is 0 Å². The molecule has 0 radical (unpaired) electrons. The number of aromatic nitrogens is 2. The normalized spacial score (nSPS) is 14.6. The highest BCUT2D eigenvalue weighted by Crippen LogP contribution is 2.07. The highest BCUT2D eigenvalue weighted by molar-refractivity contribution is 7.80. The van der Waals surface area contributed by atoms with Gasteiger partial charge in [0.2, 0.25) is 17.7 Å². The minimum absolute atomic E-state index is 0.00849. The van der Waals surface area contributed by atoms with Gasteiger partial charge in [-0.25, -0.2) is 9.78 Å². The molecule has 14 heteroatoms. The van der Waals surface area contributed by atoms with E-state index in [9.17, 15) is 29.1 Å². The maximum atomic E-state index is 12.8. The van der Waals surface area contributed by atoms with Gasteiger partial charge in [-0.15, -0.1) is 0 Å². The maximum absolute atomic E-state index is 12.8. The molecule has 13 nitrogen and oxygen atoms in total. The SMILES string of the molecule is CC(C)CC(NC(=O)C(Cc1cnc[nH]1)NC(=O)C(CS)NC(=O)C(N)CC(=O)O)C(=O)O. The van der Waals surface area contributed by atoms with Crippen LogP contribution in [0.25, 0.3) is 0 Å². The number of hydrogen-bond acceptors (Lipinski definition) is 8. The van der Waals surface area contributed by atoms with Crippen molar-refractivity contribution in [2.24, 2.45) is 11.7 Å². The lowest BCUT2D eigenvalue weighted by molar-refractivity contribution is -0.142. The van der Waals surface area contributed by atoms with Crippen molar-refractivity contribution in [3.05, 3.63) is 18.2 Å². The molecule has 1 aromatic rings. The molecule has 0 aliphatic carbocycles. The van der Waals surface area contributed by atoms with Crippen molar-refractivity contribution in [1.29, 1.82) is 0 Å². The van der Waals surface area contributed by atoms with Crippen LogP contribution in [0, 0.1) is 5.92 Å². The van der Waals surface area contributed by atoms with Crippen molar-refractivity contribution in [1.82, 2.24) is 25.9 Å². The van der Waals surface area contributed by atoms with Crippen LogP contribution in [0.3, 0.4) is 0 Å². The molecule has 1 heterocycles. The topological polar surface area (TPSA) is 217 Å². The predicted molar refractivity (Wildman–Crippen MR) is 119 cm³/mol. The summed E-state index contributed by atoms with van der Waals surface area (Å²) < 4.78 is 0. The summed E-state index contributed by atoms with van der Waals surface area (Å²) in [5.41, 5.74) is 6.00. The number of aromatic amines is 1. The molecule has 4 unspecified atom stereocenters. The molecule has 8 N–H and O–H groups in total. The van der Waals surface area contributed by atoms with E-state index in [2.05, 4.69) is 38.5 Å². The molecule has 0 aromatic carbocycles. The Hall–Kier alpha value is -3.13. The van der Waals surface area contributed by atoms with E-state index in [0.717, 1.165) is 0 Å². The molecular formula is C19H30N6O7S. The van der Waals surface area contributed by atoms with Crippen LogP contribution in [0.2, 0.25) is 0 Å². The van der Waals surface area contributed by atoms with Crippen molar-refractivity contribution in [2.45, 2.75) is 57.3 Å². The largest absolute Gasteiger partial charge is 0.481 e. The first-order chi connectivity index (χ1) is 15.4. The Bertz CT molecular complexity index is 833. The van der Waals surface area contributed by atoms with Crippen LogP contribution < -0.4 is 21.7 Å². The third-order valence-corrected chi connectivity index (χ3v) is 4.85. The second-order valence-corrected chi connectivity index (χ2v) is 8.18. The van der Waals surface area contributed by atoms with Gasteiger partial charge in [-0.3, -0.25) is 19.2 Å². The van der Waals surface area contributed by atoms with Gasteiger partial charge in [-0.2, -0.15) is 12.6 Å². The van der Waals surface area contributed by atoms with Gasteiger partial charge in [-0.05, 0) is 12.3 Å². The first-order valence-electron chi connectivity index (χ1n) is 10.1. The lowest BCUT2D eigenvalue weighted by Crippen LogP contribution is -2.58. The van der Waals surface area contributed by atoms with Crippen molar-refractivity contribution < 1.29 is 34.2 Å². The van der Waals surface area contributed by atoms with E-state index < -0.39 is 60.2 Å². The number of rotatable bonds is 14. The number of carboxylic acids is 2. The Kier molecular flexibility index (Phi) is 11.4. The van der Waals surface area contributed by atoms with Crippen LogP contribution >= 0.6 is 12.6 Å². The molecule has 4 atom stereocenters. The number of amides is 3. The molecule has 0 saturated heterocycles. The van der Waals surface area contributed by atoms with Gasteiger partial charge in [0.15, 0.2) is 0 Å². The van der Waals surface area contributed by atoms with E-state index in [-0.39, 0.29) is 24.5 Å². The molecule has 0 spiro atoms. The van der Waals surface area contributed by atoms with Gasteiger partial charge in [-0.1, -0.05) is 13.8 Å². The molecule has 0 bridgehead atoms. The highest BCUT2D eigenvalue weighted by Gasteiger charge is 2.30. The first kappa shape index (κ1) is 27.9. The van der Waals surface area contributed by atoms with Crippen molar-refractivity contribution in [3.63, 3.8) is 0 Å². The fourth-order valence-electron chi connectivity index (χ4n) is 2.82. The zero-order valence-corrected chi connectivity index (χ0v) is 19.2. The molecule has 184 valence electrons. The summed E-state index contributed by atoms with van der Waals surface area (Å²) >= 11 is 4.02. The summed E-state index contributed by atoms with van der Waals surface area (Å²) in [6, 6.07) is -4.95. The minimum Gasteiger partial charge on any atom is -0.481 e. The third-order valence-electron chi connectivity index (χ3n) is 4.48. The number of thiol groups is 1. The van der Waals surface area contributed by atoms with Crippen LogP contribution in [0.15, 0.2) is 12.5 Å². The number of hydrogen-bond donors (Lipinski definition) is 8. The summed E-state index contributed by atoms with van der Waals surface area (Å²) in [7, 11) is 0. The first-order valence-corrected chi connectivity index (χ1v) is 10.8. The van der Waals surface area contributed by atoms with Crippen LogP contribution in [-0.4, -0.2) is 79.8 Å². The number of nitrogens with zero attached hydrogens (tertiary/aromatic N) is 1. The molecule has 1 aromatic heterocycles. The summed E-state index contributed by atoms with van der Waals surface area (Å²) in [5.74, 6) is -5.06. The number of H-pyrrole nitrogens is 1. The van der Waals surface area contributed by atoms with E-state index in [0.29, 0.717) is 5.69 Å². The Labute approximate surface area is 195 Å². The van der Waals surface area contributed by atoms with Gasteiger partial charge in [0.1, 0.15) is 18.1 Å². The minimum atomic E-state index is -1.38. The average Bonchev–Trinajstić information content (AvgIpc) is 3.22. The fourth-order valence-corrected chi connectivity index (χ4v) is 3.07. The second-order valence-electron chi connectivity index (χ2n) is 7.82. The van der Waals surface area contributed by atoms with Crippen molar-refractivity contribution >= 4 is 42.3 Å². The lowest BCUT2D eigenvalue weighted by atomic mass is 10.0. The predicted octanol–water partition coefficient (Wildman–Crippen LogP) is -1.73. The second kappa shape index (κ2) is 13.4. The molecular weight excluding hydrogens is 456 g/mol. The Balaban J connectivity index is 2.95. The number of nitrogens with two attached hydrogens (primary N) is 1. The lowest BCUT2D eigenvalue weighted by Gasteiger charge is -2.24. The smallest absolute Gasteiger partial charge is 0.326 e. The van der Waals surface area contributed by atoms with E-state index in [4.69, 9.17) is 10.8 Å². The quantitative estimate of drug-likeness (QED) is 0.140. The molecule has 1 rings (SSSR count). The van der Waals surface area contributed by atoms with Gasteiger partial charge in [0.25, 0.3) is 0 Å². The van der Waals surface area contributed by atoms with Gasteiger partial charge in [0.05, 0.1) is 18.8 Å². The number of carbonyl (C=O) groups is 5. The number of nitrogens with one attached hydrogen (secondary N) is 4. The molecule has 0 aliphatic rings. The molecule has 3 amide bonds. The average molecular weight is 487 g/mol. The number of aliphatic carboxylic acids is 2. The van der Waals surface area contributed by atoms with Gasteiger partial charge < -0.3 is 36.9 Å². The molecule has 33 heavy (non-hydrogen) atoms. The van der Waals surface area contributed by atoms with Crippen LogP contribution in [0.4, 0.5) is 0 Å². The van der Waals surface area contributed by atoms with E-state index in [1.165, 1.54) is 12.5 Å². The zero-order valence-electron chi connectivity index (χ0n) is 18.3. The summed E-state index contributed by atoms with van der Waals surface area (Å²) in [6.07, 6.45) is 2.34. The van der Waals surface area contributed by atoms with Crippen LogP contribution in [0.1, 0.15) is 32.4 Å². The van der Waals surface area contributed by atoms with Crippen LogP contribution in [-0.2, 0) is 30.4 Å². The molecule has 0 saturated carbocycles. The Morgan fingerprint density at radius 1 is 1.03 bits per heavy atom.